The van der Waals surface area contributed by atoms with Crippen LogP contribution >= 0.6 is 22.6 Å². The molecule has 2 N–H and O–H groups in total. The van der Waals surface area contributed by atoms with E-state index in [2.05, 4.69) is 32.8 Å². The fourth-order valence-corrected chi connectivity index (χ4v) is 1.79. The fraction of sp³-hybridized carbons (Fsp3) is 0.111. The Morgan fingerprint density at radius 1 is 1.60 bits per heavy atom. The Hall–Kier alpha value is -1.15. The molecule has 0 aliphatic rings. The van der Waals surface area contributed by atoms with Gasteiger partial charge in [-0.3, -0.25) is 15.1 Å². The zero-order chi connectivity index (χ0) is 11.0. The highest BCUT2D eigenvalue weighted by Gasteiger charge is 2.16. The van der Waals surface area contributed by atoms with Crippen molar-refractivity contribution >= 4 is 39.4 Å². The zero-order valence-corrected chi connectivity index (χ0v) is 10.0. The molecule has 0 saturated carbocycles. The molecule has 0 spiro atoms. The van der Waals surface area contributed by atoms with Crippen molar-refractivity contribution in [1.82, 2.24) is 15.3 Å². The van der Waals surface area contributed by atoms with Crippen LogP contribution in [0.25, 0.3) is 10.9 Å². The first kappa shape index (κ1) is 10.4. The molecule has 2 rings (SSSR count). The van der Waals surface area contributed by atoms with Crippen LogP contribution in [-0.4, -0.2) is 33.4 Å². The van der Waals surface area contributed by atoms with E-state index < -0.39 is 5.91 Å². The lowest BCUT2D eigenvalue weighted by atomic mass is 10.2. The van der Waals surface area contributed by atoms with E-state index in [1.54, 1.807) is 0 Å². The van der Waals surface area contributed by atoms with Crippen molar-refractivity contribution in [2.45, 2.75) is 0 Å². The lowest BCUT2D eigenvalue weighted by Crippen LogP contribution is -2.23. The van der Waals surface area contributed by atoms with E-state index in [0.717, 1.165) is 9.09 Å². The van der Waals surface area contributed by atoms with Gasteiger partial charge in [-0.15, -0.1) is 0 Å². The Kier molecular flexibility index (Phi) is 2.61. The van der Waals surface area contributed by atoms with Crippen molar-refractivity contribution in [3.63, 3.8) is 0 Å². The number of hydrogen-bond donors (Lipinski definition) is 2. The van der Waals surface area contributed by atoms with Gasteiger partial charge in [0, 0.05) is 16.0 Å². The van der Waals surface area contributed by atoms with Gasteiger partial charge in [-0.1, -0.05) is 0 Å². The standard InChI is InChI=1S/C9H8IN3O2/c1-13(15)9(14)8-6-4-5(10)2-3-7(6)11-12-8/h2-4,15H,1H3,(H,11,12). The maximum absolute atomic E-state index is 11.5. The fourth-order valence-electron chi connectivity index (χ4n) is 1.30. The first-order valence-corrected chi connectivity index (χ1v) is 5.28. The first-order valence-electron chi connectivity index (χ1n) is 4.20. The molecule has 0 fully saturated rings. The van der Waals surface area contributed by atoms with E-state index in [-0.39, 0.29) is 5.69 Å². The molecule has 0 atom stereocenters. The number of rotatable bonds is 1. The molecule has 0 unspecified atom stereocenters. The number of hydrogen-bond acceptors (Lipinski definition) is 3. The predicted octanol–water partition coefficient (Wildman–Crippen LogP) is 1.63. The summed E-state index contributed by atoms with van der Waals surface area (Å²) >= 11 is 2.15. The predicted molar refractivity (Wildman–Crippen MR) is 62.7 cm³/mol. The second kappa shape index (κ2) is 3.78. The second-order valence-corrected chi connectivity index (χ2v) is 4.34. The van der Waals surface area contributed by atoms with Gasteiger partial charge in [-0.05, 0) is 40.8 Å². The highest BCUT2D eigenvalue weighted by molar-refractivity contribution is 14.1. The molecule has 1 aromatic heterocycles. The van der Waals surface area contributed by atoms with Crippen LogP contribution in [0.5, 0.6) is 0 Å². The Labute approximate surface area is 99.2 Å². The minimum atomic E-state index is -0.525. The lowest BCUT2D eigenvalue weighted by Gasteiger charge is -2.05. The molecular weight excluding hydrogens is 309 g/mol. The van der Waals surface area contributed by atoms with E-state index in [1.165, 1.54) is 7.05 Å². The van der Waals surface area contributed by atoms with E-state index in [0.29, 0.717) is 10.4 Å². The summed E-state index contributed by atoms with van der Waals surface area (Å²) < 4.78 is 1.01. The molecular formula is C9H8IN3O2. The zero-order valence-electron chi connectivity index (χ0n) is 7.86. The van der Waals surface area contributed by atoms with Crippen molar-refractivity contribution in [3.8, 4) is 0 Å². The van der Waals surface area contributed by atoms with Crippen LogP contribution in [-0.2, 0) is 0 Å². The second-order valence-electron chi connectivity index (χ2n) is 3.09. The monoisotopic (exact) mass is 317 g/mol. The molecule has 0 radical (unpaired) electrons. The normalized spacial score (nSPS) is 10.6. The third kappa shape index (κ3) is 1.82. The van der Waals surface area contributed by atoms with Crippen LogP contribution < -0.4 is 0 Å². The smallest absolute Gasteiger partial charge is 0.286 e. The van der Waals surface area contributed by atoms with Gasteiger partial charge < -0.3 is 0 Å². The molecule has 1 aromatic carbocycles. The van der Waals surface area contributed by atoms with Crippen molar-refractivity contribution < 1.29 is 10.0 Å². The SMILES string of the molecule is CN(O)C(=O)c1n[nH]c2ccc(I)cc12. The quantitative estimate of drug-likeness (QED) is 0.477. The average Bonchev–Trinajstić information content (AvgIpc) is 2.59. The minimum absolute atomic E-state index is 0.230. The van der Waals surface area contributed by atoms with Crippen LogP contribution in [0.4, 0.5) is 0 Å². The summed E-state index contributed by atoms with van der Waals surface area (Å²) in [5.41, 5.74) is 1.01. The minimum Gasteiger partial charge on any atom is -0.286 e. The van der Waals surface area contributed by atoms with Gasteiger partial charge in [0.15, 0.2) is 5.69 Å². The van der Waals surface area contributed by atoms with Gasteiger partial charge in [-0.25, -0.2) is 5.06 Å². The number of aromatic amines is 1. The largest absolute Gasteiger partial charge is 0.298 e. The molecule has 1 amide bonds. The van der Waals surface area contributed by atoms with Crippen molar-refractivity contribution in [1.29, 1.82) is 0 Å². The van der Waals surface area contributed by atoms with Gasteiger partial charge in [0.05, 0.1) is 5.52 Å². The molecule has 1 heterocycles. The number of carbonyl (C=O) groups excluding carboxylic acids is 1. The molecule has 0 aliphatic carbocycles. The third-order valence-electron chi connectivity index (χ3n) is 2.02. The molecule has 0 aliphatic heterocycles. The van der Waals surface area contributed by atoms with Crippen molar-refractivity contribution in [3.05, 3.63) is 27.5 Å². The van der Waals surface area contributed by atoms with Crippen LogP contribution in [0.15, 0.2) is 18.2 Å². The highest BCUT2D eigenvalue weighted by atomic mass is 127. The Bertz CT molecular complexity index is 521. The number of H-pyrrole nitrogens is 1. The van der Waals surface area contributed by atoms with Crippen LogP contribution in [0, 0.1) is 3.57 Å². The molecule has 2 aromatic rings. The summed E-state index contributed by atoms with van der Waals surface area (Å²) in [7, 11) is 1.27. The Balaban J connectivity index is 2.62. The number of aromatic nitrogens is 2. The molecule has 0 bridgehead atoms. The number of hydroxylamine groups is 2. The van der Waals surface area contributed by atoms with E-state index in [9.17, 15) is 4.79 Å². The number of fused-ring (bicyclic) bond motifs is 1. The lowest BCUT2D eigenvalue weighted by molar-refractivity contribution is -0.0378. The summed E-state index contributed by atoms with van der Waals surface area (Å²) in [6.45, 7) is 0. The summed E-state index contributed by atoms with van der Waals surface area (Å²) in [6, 6.07) is 5.60. The number of amides is 1. The summed E-state index contributed by atoms with van der Waals surface area (Å²) in [5, 5.41) is 16.9. The summed E-state index contributed by atoms with van der Waals surface area (Å²) in [4.78, 5) is 11.5. The molecule has 6 heteroatoms. The summed E-state index contributed by atoms with van der Waals surface area (Å²) in [5.74, 6) is -0.525. The molecule has 0 saturated heterocycles. The van der Waals surface area contributed by atoms with E-state index in [4.69, 9.17) is 5.21 Å². The van der Waals surface area contributed by atoms with Gasteiger partial charge in [0.2, 0.25) is 0 Å². The summed E-state index contributed by atoms with van der Waals surface area (Å²) in [6.07, 6.45) is 0. The highest BCUT2D eigenvalue weighted by Crippen LogP contribution is 2.19. The first-order chi connectivity index (χ1) is 7.09. The molecule has 78 valence electrons. The van der Waals surface area contributed by atoms with Gasteiger partial charge in [0.25, 0.3) is 5.91 Å². The number of benzene rings is 1. The maximum Gasteiger partial charge on any atom is 0.298 e. The van der Waals surface area contributed by atoms with Gasteiger partial charge in [0.1, 0.15) is 0 Å². The molecule has 5 nitrogen and oxygen atoms in total. The van der Waals surface area contributed by atoms with Crippen molar-refractivity contribution in [2.24, 2.45) is 0 Å². The number of nitrogens with one attached hydrogen (secondary N) is 1. The number of carbonyl (C=O) groups is 1. The van der Waals surface area contributed by atoms with Gasteiger partial charge in [-0.2, -0.15) is 5.10 Å². The number of nitrogens with zero attached hydrogens (tertiary/aromatic N) is 2. The molecule has 15 heavy (non-hydrogen) atoms. The third-order valence-corrected chi connectivity index (χ3v) is 2.69. The van der Waals surface area contributed by atoms with Crippen LogP contribution in [0.1, 0.15) is 10.5 Å². The Morgan fingerprint density at radius 3 is 3.00 bits per heavy atom. The van der Waals surface area contributed by atoms with Crippen LogP contribution in [0.3, 0.4) is 0 Å². The number of halogens is 1. The average molecular weight is 317 g/mol. The van der Waals surface area contributed by atoms with Crippen LogP contribution in [0.2, 0.25) is 0 Å². The topological polar surface area (TPSA) is 69.2 Å². The maximum atomic E-state index is 11.5. The van der Waals surface area contributed by atoms with E-state index >= 15 is 0 Å². The Morgan fingerprint density at radius 2 is 2.33 bits per heavy atom. The van der Waals surface area contributed by atoms with E-state index in [1.807, 2.05) is 18.2 Å². The van der Waals surface area contributed by atoms with Crippen molar-refractivity contribution in [2.75, 3.05) is 7.05 Å². The van der Waals surface area contributed by atoms with Gasteiger partial charge >= 0.3 is 0 Å².